The Kier molecular flexibility index (Phi) is 8.92. The van der Waals surface area contributed by atoms with Crippen molar-refractivity contribution in [2.75, 3.05) is 32.8 Å². The molecule has 8 nitrogen and oxygen atoms in total. The third kappa shape index (κ3) is 7.73. The van der Waals surface area contributed by atoms with Crippen LogP contribution in [0.1, 0.15) is 32.6 Å². The zero-order valence-corrected chi connectivity index (χ0v) is 16.8. The van der Waals surface area contributed by atoms with Gasteiger partial charge in [0, 0.05) is 32.2 Å². The topological polar surface area (TPSA) is 107 Å². The van der Waals surface area contributed by atoms with Crippen LogP contribution >= 0.6 is 0 Å². The van der Waals surface area contributed by atoms with Gasteiger partial charge in [-0.15, -0.1) is 0 Å². The lowest BCUT2D eigenvalue weighted by Gasteiger charge is -2.42. The SMILES string of the molecule is CC1CCCC(N2CCN(C(=O)COc3ccccc3)CC2)C1.O=C(O)C(=O)O. The Bertz CT molecular complexity index is 661. The summed E-state index contributed by atoms with van der Waals surface area (Å²) >= 11 is 0. The van der Waals surface area contributed by atoms with Crippen molar-refractivity contribution in [2.24, 2.45) is 5.92 Å². The molecule has 29 heavy (non-hydrogen) atoms. The van der Waals surface area contributed by atoms with Gasteiger partial charge in [0.1, 0.15) is 5.75 Å². The lowest BCUT2D eigenvalue weighted by Crippen LogP contribution is -2.53. The predicted molar refractivity (Wildman–Crippen MR) is 107 cm³/mol. The molecule has 160 valence electrons. The Hall–Kier alpha value is -2.61. The Morgan fingerprint density at radius 2 is 1.62 bits per heavy atom. The maximum Gasteiger partial charge on any atom is 0.414 e. The van der Waals surface area contributed by atoms with Crippen LogP contribution in [0, 0.1) is 5.92 Å². The Balaban J connectivity index is 0.000000438. The molecule has 1 saturated heterocycles. The summed E-state index contributed by atoms with van der Waals surface area (Å²) in [6.07, 6.45) is 5.39. The van der Waals surface area contributed by atoms with Crippen molar-refractivity contribution in [3.8, 4) is 5.75 Å². The summed E-state index contributed by atoms with van der Waals surface area (Å²) in [5, 5.41) is 14.8. The van der Waals surface area contributed by atoms with Gasteiger partial charge in [-0.3, -0.25) is 9.69 Å². The monoisotopic (exact) mass is 406 g/mol. The van der Waals surface area contributed by atoms with Gasteiger partial charge in [0.2, 0.25) is 0 Å². The number of para-hydroxylation sites is 1. The number of rotatable bonds is 4. The lowest BCUT2D eigenvalue weighted by molar-refractivity contribution is -0.159. The highest BCUT2D eigenvalue weighted by atomic mass is 16.5. The van der Waals surface area contributed by atoms with Crippen LogP contribution in [0.3, 0.4) is 0 Å². The lowest BCUT2D eigenvalue weighted by atomic mass is 9.86. The molecular formula is C21H30N2O6. The molecule has 0 bridgehead atoms. The molecule has 2 unspecified atom stereocenters. The fourth-order valence-electron chi connectivity index (χ4n) is 3.82. The standard InChI is InChI=1S/C19H28N2O2.C2H2O4/c1-16-6-5-7-17(14-16)20-10-12-21(13-11-20)19(22)15-23-18-8-3-2-4-9-18;3-1(4)2(5)6/h2-4,8-9,16-17H,5-7,10-15H2,1H3;(H,3,4)(H,5,6). The van der Waals surface area contributed by atoms with Gasteiger partial charge < -0.3 is 19.8 Å². The number of carboxylic acids is 2. The highest BCUT2D eigenvalue weighted by Gasteiger charge is 2.28. The molecule has 2 atom stereocenters. The summed E-state index contributed by atoms with van der Waals surface area (Å²) in [7, 11) is 0. The van der Waals surface area contributed by atoms with E-state index in [1.807, 2.05) is 35.2 Å². The van der Waals surface area contributed by atoms with E-state index in [0.29, 0.717) is 0 Å². The molecule has 0 radical (unpaired) electrons. The van der Waals surface area contributed by atoms with Crippen LogP contribution in [0.2, 0.25) is 0 Å². The van der Waals surface area contributed by atoms with Gasteiger partial charge in [-0.1, -0.05) is 38.0 Å². The van der Waals surface area contributed by atoms with Gasteiger partial charge in [-0.25, -0.2) is 9.59 Å². The number of aliphatic carboxylic acids is 2. The van der Waals surface area contributed by atoms with Crippen LogP contribution in [0.25, 0.3) is 0 Å². The second kappa shape index (κ2) is 11.4. The van der Waals surface area contributed by atoms with Gasteiger partial charge in [0.05, 0.1) is 0 Å². The molecule has 1 amide bonds. The Morgan fingerprint density at radius 3 is 2.17 bits per heavy atom. The molecule has 2 N–H and O–H groups in total. The van der Waals surface area contributed by atoms with Crippen LogP contribution < -0.4 is 4.74 Å². The van der Waals surface area contributed by atoms with Crippen molar-refractivity contribution in [3.63, 3.8) is 0 Å². The molecule has 1 aromatic rings. The second-order valence-electron chi connectivity index (χ2n) is 7.55. The van der Waals surface area contributed by atoms with Gasteiger partial charge >= 0.3 is 11.9 Å². The smallest absolute Gasteiger partial charge is 0.414 e. The maximum absolute atomic E-state index is 12.3. The van der Waals surface area contributed by atoms with Crippen LogP contribution in [0.4, 0.5) is 0 Å². The summed E-state index contributed by atoms with van der Waals surface area (Å²) in [6, 6.07) is 10.3. The largest absolute Gasteiger partial charge is 0.484 e. The molecule has 1 aliphatic heterocycles. The van der Waals surface area contributed by atoms with E-state index in [1.54, 1.807) is 0 Å². The van der Waals surface area contributed by atoms with Crippen molar-refractivity contribution in [1.82, 2.24) is 9.80 Å². The summed E-state index contributed by atoms with van der Waals surface area (Å²) in [4.78, 5) is 35.0. The van der Waals surface area contributed by atoms with E-state index in [9.17, 15) is 4.79 Å². The van der Waals surface area contributed by atoms with E-state index in [0.717, 1.165) is 43.9 Å². The number of ether oxygens (including phenoxy) is 1. The number of carboxylic acid groups (broad SMARTS) is 2. The Morgan fingerprint density at radius 1 is 1.00 bits per heavy atom. The fourth-order valence-corrected chi connectivity index (χ4v) is 3.82. The molecule has 0 aromatic heterocycles. The minimum atomic E-state index is -1.82. The summed E-state index contributed by atoms with van der Waals surface area (Å²) in [6.45, 7) is 6.20. The Labute approximate surface area is 171 Å². The van der Waals surface area contributed by atoms with Crippen molar-refractivity contribution in [2.45, 2.75) is 38.6 Å². The molecular weight excluding hydrogens is 376 g/mol. The number of piperazine rings is 1. The average molecular weight is 406 g/mol. The van der Waals surface area contributed by atoms with E-state index in [-0.39, 0.29) is 12.5 Å². The van der Waals surface area contributed by atoms with Gasteiger partial charge in [0.15, 0.2) is 6.61 Å². The van der Waals surface area contributed by atoms with Gasteiger partial charge in [-0.2, -0.15) is 0 Å². The first kappa shape index (κ1) is 22.7. The zero-order chi connectivity index (χ0) is 21.2. The number of nitrogens with zero attached hydrogens (tertiary/aromatic N) is 2. The minimum Gasteiger partial charge on any atom is -0.484 e. The molecule has 1 aromatic carbocycles. The van der Waals surface area contributed by atoms with Crippen LogP contribution in [0.5, 0.6) is 5.75 Å². The molecule has 2 fully saturated rings. The summed E-state index contributed by atoms with van der Waals surface area (Å²) in [5.74, 6) is -1.93. The van der Waals surface area contributed by atoms with E-state index < -0.39 is 11.9 Å². The molecule has 1 aliphatic carbocycles. The quantitative estimate of drug-likeness (QED) is 0.736. The number of hydrogen-bond acceptors (Lipinski definition) is 5. The van der Waals surface area contributed by atoms with Crippen LogP contribution in [-0.2, 0) is 14.4 Å². The number of hydrogen-bond donors (Lipinski definition) is 2. The fraction of sp³-hybridized carbons (Fsp3) is 0.571. The third-order valence-corrected chi connectivity index (χ3v) is 5.38. The van der Waals surface area contributed by atoms with Gasteiger partial charge in [0.25, 0.3) is 5.91 Å². The molecule has 8 heteroatoms. The highest BCUT2D eigenvalue weighted by Crippen LogP contribution is 2.27. The van der Waals surface area contributed by atoms with Crippen LogP contribution in [-0.4, -0.2) is 76.7 Å². The molecule has 1 saturated carbocycles. The van der Waals surface area contributed by atoms with E-state index in [4.69, 9.17) is 24.5 Å². The van der Waals surface area contributed by atoms with E-state index in [2.05, 4.69) is 11.8 Å². The number of benzene rings is 1. The number of amides is 1. The minimum absolute atomic E-state index is 0.102. The van der Waals surface area contributed by atoms with Crippen molar-refractivity contribution < 1.29 is 29.3 Å². The van der Waals surface area contributed by atoms with E-state index in [1.165, 1.54) is 25.7 Å². The number of carbonyl (C=O) groups excluding carboxylic acids is 1. The van der Waals surface area contributed by atoms with E-state index >= 15 is 0 Å². The molecule has 2 aliphatic rings. The maximum atomic E-state index is 12.3. The molecule has 1 heterocycles. The van der Waals surface area contributed by atoms with Gasteiger partial charge in [-0.05, 0) is 30.9 Å². The highest BCUT2D eigenvalue weighted by molar-refractivity contribution is 6.27. The predicted octanol–water partition coefficient (Wildman–Crippen LogP) is 1.94. The number of carbonyl (C=O) groups is 3. The second-order valence-corrected chi connectivity index (χ2v) is 7.55. The normalized spacial score (nSPS) is 22.2. The van der Waals surface area contributed by atoms with Crippen molar-refractivity contribution in [1.29, 1.82) is 0 Å². The average Bonchev–Trinajstić information content (AvgIpc) is 2.73. The first-order valence-electron chi connectivity index (χ1n) is 10.0. The zero-order valence-electron chi connectivity index (χ0n) is 16.8. The van der Waals surface area contributed by atoms with Crippen LogP contribution in [0.15, 0.2) is 30.3 Å². The first-order chi connectivity index (χ1) is 13.9. The van der Waals surface area contributed by atoms with Crippen molar-refractivity contribution >= 4 is 17.8 Å². The first-order valence-corrected chi connectivity index (χ1v) is 10.0. The van der Waals surface area contributed by atoms with Crippen molar-refractivity contribution in [3.05, 3.63) is 30.3 Å². The molecule has 3 rings (SSSR count). The molecule has 0 spiro atoms. The third-order valence-electron chi connectivity index (χ3n) is 5.38. The summed E-state index contributed by atoms with van der Waals surface area (Å²) < 4.78 is 5.57. The summed E-state index contributed by atoms with van der Waals surface area (Å²) in [5.41, 5.74) is 0.